The van der Waals surface area contributed by atoms with E-state index in [1.54, 1.807) is 54.5 Å². The van der Waals surface area contributed by atoms with Crippen LogP contribution in [-0.2, 0) is 35.1 Å². The Morgan fingerprint density at radius 3 is 2.37 bits per heavy atom. The molecule has 0 saturated carbocycles. The molecule has 11 heteroatoms. The zero-order valence-electron chi connectivity index (χ0n) is 28.3. The molecule has 0 radical (unpaired) electrons. The van der Waals surface area contributed by atoms with Crippen LogP contribution >= 0.6 is 0 Å². The number of nitrogens with zero attached hydrogens (tertiary/aromatic N) is 2. The first-order valence-corrected chi connectivity index (χ1v) is 17.3. The Kier molecular flexibility index (Phi) is 9.75. The number of cyclic esters (lactones) is 1. The number of aliphatic hydroxyl groups is 1. The fraction of sp³-hybridized carbons (Fsp3) is 0.350. The van der Waals surface area contributed by atoms with E-state index in [9.17, 15) is 19.5 Å². The van der Waals surface area contributed by atoms with Gasteiger partial charge in [-0.25, -0.2) is 0 Å². The summed E-state index contributed by atoms with van der Waals surface area (Å²) >= 11 is 0. The number of hydrogen-bond donors (Lipinski definition) is 2. The molecule has 7 rings (SSSR count). The summed E-state index contributed by atoms with van der Waals surface area (Å²) in [5.41, 5.74) is 0.673. The molecule has 3 aromatic carbocycles. The predicted octanol–water partition coefficient (Wildman–Crippen LogP) is 3.53. The molecule has 264 valence electrons. The van der Waals surface area contributed by atoms with Crippen molar-refractivity contribution in [2.75, 3.05) is 31.8 Å². The van der Waals surface area contributed by atoms with Gasteiger partial charge in [0.05, 0.1) is 43.7 Å². The minimum Gasteiger partial charge on any atom is -0.497 e. The second kappa shape index (κ2) is 14.5. The summed E-state index contributed by atoms with van der Waals surface area (Å²) in [7, 11) is 1.56. The summed E-state index contributed by atoms with van der Waals surface area (Å²) in [6, 6.07) is 23.1. The molecular formula is C40H41N3O8. The van der Waals surface area contributed by atoms with Gasteiger partial charge in [0.15, 0.2) is 0 Å². The number of fused-ring (bicyclic) bond motifs is 2. The molecule has 51 heavy (non-hydrogen) atoms. The highest BCUT2D eigenvalue weighted by Crippen LogP contribution is 2.54. The third-order valence-corrected chi connectivity index (χ3v) is 10.3. The zero-order chi connectivity index (χ0) is 35.5. The minimum absolute atomic E-state index is 0.0894. The van der Waals surface area contributed by atoms with Gasteiger partial charge < -0.3 is 34.4 Å². The van der Waals surface area contributed by atoms with Crippen molar-refractivity contribution in [2.45, 2.75) is 49.1 Å². The molecule has 2 saturated heterocycles. The number of rotatable bonds is 7. The first-order valence-electron chi connectivity index (χ1n) is 17.3. The van der Waals surface area contributed by atoms with Crippen LogP contribution in [0.15, 0.2) is 109 Å². The summed E-state index contributed by atoms with van der Waals surface area (Å²) < 4.78 is 17.8. The van der Waals surface area contributed by atoms with Crippen molar-refractivity contribution >= 4 is 29.4 Å². The normalized spacial score (nSPS) is 29.0. The number of nitrogens with one attached hydrogen (secondary N) is 1. The molecule has 0 bridgehead atoms. The molecule has 3 aromatic rings. The van der Waals surface area contributed by atoms with E-state index in [1.807, 2.05) is 66.7 Å². The molecule has 7 atom stereocenters. The van der Waals surface area contributed by atoms with Crippen LogP contribution in [0.25, 0.3) is 0 Å². The van der Waals surface area contributed by atoms with E-state index in [2.05, 4.69) is 5.32 Å². The lowest BCUT2D eigenvalue weighted by atomic mass is 9.77. The van der Waals surface area contributed by atoms with Gasteiger partial charge in [0, 0.05) is 18.7 Å². The quantitative estimate of drug-likeness (QED) is 0.284. The smallest absolute Gasteiger partial charge is 0.306 e. The monoisotopic (exact) mass is 691 g/mol. The summed E-state index contributed by atoms with van der Waals surface area (Å²) in [5, 5.41) is 13.9. The van der Waals surface area contributed by atoms with E-state index in [0.29, 0.717) is 17.9 Å². The average Bonchev–Trinajstić information content (AvgIpc) is 3.55. The highest BCUT2D eigenvalue weighted by Gasteiger charge is 2.72. The van der Waals surface area contributed by atoms with Crippen molar-refractivity contribution in [1.29, 1.82) is 0 Å². The lowest BCUT2D eigenvalue weighted by Gasteiger charge is -2.38. The van der Waals surface area contributed by atoms with E-state index in [0.717, 1.165) is 11.1 Å². The third-order valence-electron chi connectivity index (χ3n) is 10.3. The Hall–Kier alpha value is -5.26. The summed E-state index contributed by atoms with van der Waals surface area (Å²) in [6.07, 6.45) is 6.92. The Morgan fingerprint density at radius 1 is 0.941 bits per heavy atom. The van der Waals surface area contributed by atoms with Crippen LogP contribution in [0.5, 0.6) is 5.75 Å². The number of esters is 1. The second-order valence-electron chi connectivity index (χ2n) is 13.3. The van der Waals surface area contributed by atoms with E-state index < -0.39 is 72.0 Å². The molecule has 4 heterocycles. The number of carbonyl (C=O) groups is 4. The third kappa shape index (κ3) is 6.43. The zero-order valence-corrected chi connectivity index (χ0v) is 28.3. The predicted molar refractivity (Wildman–Crippen MR) is 187 cm³/mol. The van der Waals surface area contributed by atoms with Crippen LogP contribution < -0.4 is 15.0 Å². The number of benzene rings is 3. The van der Waals surface area contributed by atoms with Crippen molar-refractivity contribution in [1.82, 2.24) is 10.2 Å². The lowest BCUT2D eigenvalue weighted by Crippen LogP contribution is -2.58. The maximum absolute atomic E-state index is 15.0. The highest BCUT2D eigenvalue weighted by atomic mass is 16.5. The van der Waals surface area contributed by atoms with Crippen molar-refractivity contribution in [2.24, 2.45) is 11.8 Å². The number of ether oxygens (including phenoxy) is 3. The fourth-order valence-electron chi connectivity index (χ4n) is 7.90. The Bertz CT molecular complexity index is 1810. The molecule has 4 aliphatic rings. The van der Waals surface area contributed by atoms with E-state index in [-0.39, 0.29) is 26.0 Å². The topological polar surface area (TPSA) is 135 Å². The number of allylic oxidation sites excluding steroid dienone is 1. The van der Waals surface area contributed by atoms with Gasteiger partial charge >= 0.3 is 5.97 Å². The van der Waals surface area contributed by atoms with Crippen LogP contribution in [0.3, 0.4) is 0 Å². The second-order valence-corrected chi connectivity index (χ2v) is 13.3. The van der Waals surface area contributed by atoms with Gasteiger partial charge in [0.25, 0.3) is 5.91 Å². The average molecular weight is 692 g/mol. The van der Waals surface area contributed by atoms with Crippen molar-refractivity contribution in [3.8, 4) is 5.75 Å². The van der Waals surface area contributed by atoms with Gasteiger partial charge in [-0.3, -0.25) is 19.2 Å². The first-order chi connectivity index (χ1) is 24.8. The highest BCUT2D eigenvalue weighted by molar-refractivity contribution is 6.06. The molecular weight excluding hydrogens is 650 g/mol. The lowest BCUT2D eigenvalue weighted by molar-refractivity contribution is -0.146. The van der Waals surface area contributed by atoms with Gasteiger partial charge in [-0.1, -0.05) is 85.0 Å². The summed E-state index contributed by atoms with van der Waals surface area (Å²) in [4.78, 5) is 60.2. The Balaban J connectivity index is 1.33. The number of methoxy groups -OCH3 is 1. The van der Waals surface area contributed by atoms with Gasteiger partial charge in [-0.15, -0.1) is 0 Å². The van der Waals surface area contributed by atoms with Crippen molar-refractivity contribution < 1.29 is 38.5 Å². The molecule has 3 amide bonds. The number of likely N-dealkylation sites (tertiary alicyclic amines) is 1. The van der Waals surface area contributed by atoms with Crippen molar-refractivity contribution in [3.63, 3.8) is 0 Å². The van der Waals surface area contributed by atoms with Gasteiger partial charge in [0.2, 0.25) is 11.8 Å². The summed E-state index contributed by atoms with van der Waals surface area (Å²) in [6.45, 7) is -0.314. The number of aliphatic hydroxyl groups excluding tert-OH is 1. The molecule has 2 fully saturated rings. The molecule has 0 aliphatic carbocycles. The SMILES string of the molecule is COc1ccc(N2CC=C[C@@]34O[C@H]5/C=C\CCC(=O)OC[C@H](c6ccccc6)NC(=O)[C@H]5[C@@H]3C(=O)N([C@@H](CO)Cc3ccccc3)[C@H]4C2=O)cc1. The molecule has 1 spiro atoms. The molecule has 4 aliphatic heterocycles. The first kappa shape index (κ1) is 34.2. The maximum Gasteiger partial charge on any atom is 0.306 e. The number of amides is 3. The minimum atomic E-state index is -1.54. The molecule has 11 nitrogen and oxygen atoms in total. The van der Waals surface area contributed by atoms with Gasteiger partial charge in [-0.2, -0.15) is 0 Å². The number of anilines is 1. The standard InChI is InChI=1S/C40H41N3O8/c1-49-30-19-17-28(18-20-30)42-22-10-21-40-35(38(47)43(36(40)39(42)48)29(24-44)23-26-11-4-2-5-12-26)34-32(51-40)15-8-9-16-33(45)50-25-31(41-37(34)46)27-13-6-3-7-14-27/h2-8,10-15,17-21,29,31-32,34-36,44H,9,16,22-25H2,1H3,(H,41,46)/b15-8-/t29-,31-,32+,34-,35-,36+,40-/m1/s1. The molecule has 0 unspecified atom stereocenters. The number of carbonyl (C=O) groups excluding carboxylic acids is 4. The van der Waals surface area contributed by atoms with Crippen LogP contribution in [0.2, 0.25) is 0 Å². The molecule has 2 N–H and O–H groups in total. The van der Waals surface area contributed by atoms with Crippen molar-refractivity contribution in [3.05, 3.63) is 120 Å². The Labute approximate surface area is 296 Å². The summed E-state index contributed by atoms with van der Waals surface area (Å²) in [5.74, 6) is -3.22. The Morgan fingerprint density at radius 2 is 1.67 bits per heavy atom. The van der Waals surface area contributed by atoms with E-state index in [1.165, 1.54) is 4.90 Å². The fourth-order valence-corrected chi connectivity index (χ4v) is 7.90. The van der Waals surface area contributed by atoms with E-state index in [4.69, 9.17) is 14.2 Å². The molecule has 0 aromatic heterocycles. The van der Waals surface area contributed by atoms with E-state index >= 15 is 4.79 Å². The van der Waals surface area contributed by atoms with Crippen LogP contribution in [0.4, 0.5) is 5.69 Å². The van der Waals surface area contributed by atoms with Crippen LogP contribution in [0, 0.1) is 11.8 Å². The van der Waals surface area contributed by atoms with Crippen LogP contribution in [-0.4, -0.2) is 84.4 Å². The van der Waals surface area contributed by atoms with Crippen LogP contribution in [0.1, 0.15) is 30.0 Å². The van der Waals surface area contributed by atoms with Gasteiger partial charge in [-0.05, 0) is 48.2 Å². The van der Waals surface area contributed by atoms with Gasteiger partial charge in [0.1, 0.15) is 24.0 Å². The largest absolute Gasteiger partial charge is 0.497 e. The maximum atomic E-state index is 15.0. The number of hydrogen-bond acceptors (Lipinski definition) is 8.